The van der Waals surface area contributed by atoms with E-state index in [1.54, 1.807) is 0 Å². The number of amides is 1. The van der Waals surface area contributed by atoms with Crippen LogP contribution in [0.4, 0.5) is 0 Å². The number of nitrogens with two attached hydrogens (primary N) is 1. The number of carbonyl (C=O) groups excluding carboxylic acids is 1. The van der Waals surface area contributed by atoms with Gasteiger partial charge in [-0.15, -0.1) is 0 Å². The Kier molecular flexibility index (Phi) is 7.83. The Balaban J connectivity index is 0.000000590. The number of aromatic nitrogens is 2. The number of H-pyrrole nitrogens is 1. The lowest BCUT2D eigenvalue weighted by atomic mass is 9.71. The molecule has 1 aromatic carbocycles. The molecule has 1 aliphatic rings. The lowest BCUT2D eigenvalue weighted by molar-refractivity contribution is -0.106. The van der Waals surface area contributed by atoms with E-state index in [1.807, 2.05) is 13.8 Å². The summed E-state index contributed by atoms with van der Waals surface area (Å²) in [5, 5.41) is 0. The van der Waals surface area contributed by atoms with Crippen molar-refractivity contribution in [2.75, 3.05) is 0 Å². The number of nitrogens with zero attached hydrogens (tertiary/aromatic N) is 1. The number of aryl methyl sites for hydroxylation is 3. The molecule has 1 unspecified atom stereocenters. The van der Waals surface area contributed by atoms with Gasteiger partial charge in [-0.25, -0.2) is 0 Å². The molecule has 0 saturated heterocycles. The van der Waals surface area contributed by atoms with Crippen molar-refractivity contribution in [3.63, 3.8) is 0 Å². The molecule has 4 heteroatoms. The normalized spacial score (nSPS) is 15.4. The molecule has 3 N–H and O–H groups in total. The number of primary amides is 1. The van der Waals surface area contributed by atoms with Crippen LogP contribution in [0.25, 0.3) is 22.2 Å². The molecule has 0 radical (unpaired) electrons. The van der Waals surface area contributed by atoms with Gasteiger partial charge in [0.1, 0.15) is 0 Å². The highest BCUT2D eigenvalue weighted by Gasteiger charge is 2.30. The third kappa shape index (κ3) is 5.10. The second-order valence-electron chi connectivity index (χ2n) is 8.93. The molecule has 1 amide bonds. The summed E-state index contributed by atoms with van der Waals surface area (Å²) in [5.41, 5.74) is 14.6. The molecule has 0 bridgehead atoms. The summed E-state index contributed by atoms with van der Waals surface area (Å²) in [4.78, 5) is 17.3. The van der Waals surface area contributed by atoms with Crippen molar-refractivity contribution in [2.45, 2.75) is 67.7 Å². The van der Waals surface area contributed by atoms with Gasteiger partial charge in [-0.1, -0.05) is 64.4 Å². The van der Waals surface area contributed by atoms with Crippen LogP contribution in [0.1, 0.15) is 63.6 Å². The van der Waals surface area contributed by atoms with Crippen LogP contribution < -0.4 is 5.73 Å². The average Bonchev–Trinajstić information content (AvgIpc) is 3.01. The number of pyridine rings is 1. The van der Waals surface area contributed by atoms with Crippen LogP contribution in [-0.2, 0) is 17.6 Å². The van der Waals surface area contributed by atoms with Gasteiger partial charge >= 0.3 is 0 Å². The molecule has 4 rings (SSSR count). The lowest BCUT2D eigenvalue weighted by Gasteiger charge is -2.34. The molecule has 0 aliphatic heterocycles. The van der Waals surface area contributed by atoms with Crippen LogP contribution in [0.3, 0.4) is 0 Å². The molecule has 1 aliphatic carbocycles. The first-order valence-electron chi connectivity index (χ1n) is 11.0. The Morgan fingerprint density at radius 2 is 1.83 bits per heavy atom. The maximum Gasteiger partial charge on any atom is 0.204 e. The van der Waals surface area contributed by atoms with E-state index >= 15 is 0 Å². The minimum atomic E-state index is 0.250. The van der Waals surface area contributed by atoms with Crippen molar-refractivity contribution < 1.29 is 4.79 Å². The van der Waals surface area contributed by atoms with E-state index < -0.39 is 0 Å². The Hall–Kier alpha value is -2.62. The van der Waals surface area contributed by atoms with Crippen LogP contribution in [0.15, 0.2) is 30.3 Å². The Morgan fingerprint density at radius 3 is 2.43 bits per heavy atom. The Bertz CT molecular complexity index is 995. The van der Waals surface area contributed by atoms with Crippen LogP contribution in [-0.4, -0.2) is 16.4 Å². The number of nitrogens with one attached hydrogen (secondary N) is 1. The number of aromatic amines is 1. The molecular formula is C26H37N3O. The largest absolute Gasteiger partial charge is 0.372 e. The van der Waals surface area contributed by atoms with Crippen LogP contribution in [0, 0.1) is 25.2 Å². The molecule has 3 aromatic rings. The number of carbonyl (C=O) groups is 1. The summed E-state index contributed by atoms with van der Waals surface area (Å²) >= 11 is 0. The van der Waals surface area contributed by atoms with Gasteiger partial charge in [-0.05, 0) is 61.6 Å². The quantitative estimate of drug-likeness (QED) is 0.477. The van der Waals surface area contributed by atoms with Crippen molar-refractivity contribution >= 4 is 17.4 Å². The predicted molar refractivity (Wildman–Crippen MR) is 128 cm³/mol. The second kappa shape index (κ2) is 9.92. The Morgan fingerprint density at radius 1 is 1.17 bits per heavy atom. The zero-order valence-corrected chi connectivity index (χ0v) is 19.6. The minimum Gasteiger partial charge on any atom is -0.372 e. The molecular weight excluding hydrogens is 370 g/mol. The average molecular weight is 408 g/mol. The summed E-state index contributed by atoms with van der Waals surface area (Å²) in [6, 6.07) is 11.1. The third-order valence-corrected chi connectivity index (χ3v) is 5.85. The fourth-order valence-electron chi connectivity index (χ4n) is 4.29. The monoisotopic (exact) mass is 407 g/mol. The van der Waals surface area contributed by atoms with Crippen LogP contribution in [0.2, 0.25) is 0 Å². The van der Waals surface area contributed by atoms with Crippen LogP contribution in [0.5, 0.6) is 0 Å². The molecule has 162 valence electrons. The van der Waals surface area contributed by atoms with E-state index in [0.717, 1.165) is 24.3 Å². The molecule has 0 fully saturated rings. The number of rotatable bonds is 1. The van der Waals surface area contributed by atoms with Gasteiger partial charge in [0.05, 0.1) is 11.0 Å². The van der Waals surface area contributed by atoms with E-state index in [9.17, 15) is 0 Å². The lowest BCUT2D eigenvalue weighted by Crippen LogP contribution is -2.27. The predicted octanol–water partition coefficient (Wildman–Crippen LogP) is 6.13. The van der Waals surface area contributed by atoms with E-state index in [-0.39, 0.29) is 6.41 Å². The van der Waals surface area contributed by atoms with Crippen molar-refractivity contribution in [1.29, 1.82) is 0 Å². The SMILES string of the molecule is CC.Cc1cccc(-c2c(C)[nH]c3cc4c(nc23)CCC(C(C)(C)C)C4)c1.NC=O. The first-order valence-corrected chi connectivity index (χ1v) is 11.0. The maximum absolute atomic E-state index is 8.58. The summed E-state index contributed by atoms with van der Waals surface area (Å²) in [6.07, 6.45) is 3.75. The summed E-state index contributed by atoms with van der Waals surface area (Å²) < 4.78 is 0. The molecule has 2 aromatic heterocycles. The standard InChI is InChI=1S/C23H28N2.C2H6.CH3NO/c1-14-7-6-8-16(11-14)21-15(2)24-20-13-17-12-18(23(3,4)5)9-10-19(17)25-22(20)21;1-2;2-1-3/h6-8,11,13,18,24H,9-10,12H2,1-5H3;1-2H3;1H,(H2,2,3). The van der Waals surface area contributed by atoms with Gasteiger partial charge < -0.3 is 10.7 Å². The molecule has 4 nitrogen and oxygen atoms in total. The highest BCUT2D eigenvalue weighted by atomic mass is 16.1. The fraction of sp³-hybridized carbons (Fsp3) is 0.462. The van der Waals surface area contributed by atoms with E-state index in [0.29, 0.717) is 5.41 Å². The van der Waals surface area contributed by atoms with Crippen molar-refractivity contribution in [3.05, 3.63) is 52.8 Å². The van der Waals surface area contributed by atoms with Gasteiger partial charge in [-0.2, -0.15) is 0 Å². The highest BCUT2D eigenvalue weighted by Crippen LogP contribution is 2.39. The van der Waals surface area contributed by atoms with E-state index in [2.05, 4.69) is 75.7 Å². The summed E-state index contributed by atoms with van der Waals surface area (Å²) in [5.74, 6) is 0.742. The molecule has 0 saturated carbocycles. The second-order valence-corrected chi connectivity index (χ2v) is 8.93. The molecule has 2 heterocycles. The van der Waals surface area contributed by atoms with Crippen molar-refractivity contribution in [2.24, 2.45) is 17.1 Å². The van der Waals surface area contributed by atoms with Gasteiger partial charge in [0.2, 0.25) is 6.41 Å². The van der Waals surface area contributed by atoms with Crippen LogP contribution >= 0.6 is 0 Å². The molecule has 1 atom stereocenters. The highest BCUT2D eigenvalue weighted by molar-refractivity contribution is 5.95. The molecule has 0 spiro atoms. The van der Waals surface area contributed by atoms with Crippen molar-refractivity contribution in [3.8, 4) is 11.1 Å². The van der Waals surface area contributed by atoms with Gasteiger partial charge in [0.25, 0.3) is 0 Å². The van der Waals surface area contributed by atoms with Crippen molar-refractivity contribution in [1.82, 2.24) is 9.97 Å². The van der Waals surface area contributed by atoms with Gasteiger partial charge in [0, 0.05) is 17.0 Å². The van der Waals surface area contributed by atoms with E-state index in [4.69, 9.17) is 9.78 Å². The number of benzene rings is 1. The summed E-state index contributed by atoms with van der Waals surface area (Å²) in [7, 11) is 0. The smallest absolute Gasteiger partial charge is 0.204 e. The zero-order valence-electron chi connectivity index (χ0n) is 19.6. The fourth-order valence-corrected chi connectivity index (χ4v) is 4.29. The Labute approximate surface area is 181 Å². The van der Waals surface area contributed by atoms with Gasteiger partial charge in [0.15, 0.2) is 0 Å². The van der Waals surface area contributed by atoms with E-state index in [1.165, 1.54) is 45.6 Å². The topological polar surface area (TPSA) is 71.8 Å². The number of hydrogen-bond acceptors (Lipinski definition) is 2. The van der Waals surface area contributed by atoms with Gasteiger partial charge in [-0.3, -0.25) is 9.78 Å². The number of fused-ring (bicyclic) bond motifs is 2. The third-order valence-electron chi connectivity index (χ3n) is 5.85. The number of hydrogen-bond donors (Lipinski definition) is 2. The first kappa shape index (κ1) is 23.7. The summed E-state index contributed by atoms with van der Waals surface area (Å²) in [6.45, 7) is 15.4. The minimum absolute atomic E-state index is 0.250. The zero-order chi connectivity index (χ0) is 22.5. The molecule has 30 heavy (non-hydrogen) atoms. The first-order chi connectivity index (χ1) is 14.2. The maximum atomic E-state index is 8.58.